The van der Waals surface area contributed by atoms with Gasteiger partial charge in [0.2, 0.25) is 0 Å². The Morgan fingerprint density at radius 2 is 1.47 bits per heavy atom. The van der Waals surface area contributed by atoms with E-state index < -0.39 is 30.5 Å². The summed E-state index contributed by atoms with van der Waals surface area (Å²) in [5.41, 5.74) is 3.73. The summed E-state index contributed by atoms with van der Waals surface area (Å²) in [5.74, 6) is -0.726. The maximum Gasteiger partial charge on any atom is 0.415 e. The van der Waals surface area contributed by atoms with Crippen LogP contribution in [-0.4, -0.2) is 17.2 Å². The van der Waals surface area contributed by atoms with Gasteiger partial charge >= 0.3 is 6.18 Å². The number of ether oxygens (including phenoxy) is 1. The normalized spacial score (nSPS) is 26.2. The summed E-state index contributed by atoms with van der Waals surface area (Å²) in [5, 5.41) is 0. The molecule has 30 heavy (non-hydrogen) atoms. The maximum absolute atomic E-state index is 14.1. The number of alkyl halides is 3. The van der Waals surface area contributed by atoms with Crippen LogP contribution in [0.2, 0.25) is 0 Å². The molecule has 0 spiro atoms. The lowest BCUT2D eigenvalue weighted by Crippen LogP contribution is -2.52. The number of benzene rings is 3. The fraction of sp³-hybridized carbons (Fsp3) is 0.280. The number of hydrogen-bond acceptors (Lipinski definition) is 2. The van der Waals surface area contributed by atoms with E-state index in [0.29, 0.717) is 13.0 Å². The number of halogens is 3. The molecule has 0 amide bonds. The molecule has 6 rings (SSSR count). The third kappa shape index (κ3) is 3.42. The van der Waals surface area contributed by atoms with Crippen LogP contribution >= 0.6 is 0 Å². The first-order valence-electron chi connectivity index (χ1n) is 10.2. The van der Waals surface area contributed by atoms with Crippen LogP contribution in [0.4, 0.5) is 13.2 Å². The molecule has 3 aromatic carbocycles. The molecule has 0 N–H and O–H groups in total. The summed E-state index contributed by atoms with van der Waals surface area (Å²) < 4.78 is 48.1. The van der Waals surface area contributed by atoms with E-state index in [1.807, 2.05) is 84.9 Å². The first-order chi connectivity index (χ1) is 14.5. The van der Waals surface area contributed by atoms with Crippen molar-refractivity contribution in [3.8, 4) is 0 Å². The minimum absolute atomic E-state index is 0.335. The summed E-state index contributed by atoms with van der Waals surface area (Å²) in [6.07, 6.45) is -6.64. The van der Waals surface area contributed by atoms with Crippen molar-refractivity contribution in [2.75, 3.05) is 0 Å². The lowest BCUT2D eigenvalue weighted by atomic mass is 9.82. The first kappa shape index (κ1) is 19.3. The summed E-state index contributed by atoms with van der Waals surface area (Å²) in [6, 6.07) is 26.6. The molecule has 4 atom stereocenters. The van der Waals surface area contributed by atoms with Gasteiger partial charge in [0.1, 0.15) is 6.23 Å². The maximum atomic E-state index is 14.1. The van der Waals surface area contributed by atoms with Crippen LogP contribution < -0.4 is 0 Å². The Kier molecular flexibility index (Phi) is 4.88. The summed E-state index contributed by atoms with van der Waals surface area (Å²) in [6.45, 7) is 0.514. The standard InChI is InChI=1S/C25H22F3NO/c26-25(27,28)23-21-15-19-13-7-8-14-20(19)24(30-23)29(16-17-9-3-1-4-10-17)22(21)18-11-5-2-6-12-18/h1-14,21-24H,15-16H2/t21-,22+,23-,24+/m0/s1. The summed E-state index contributed by atoms with van der Waals surface area (Å²) in [7, 11) is 0. The Balaban J connectivity index is 1.67. The van der Waals surface area contributed by atoms with Crippen LogP contribution in [0, 0.1) is 5.92 Å². The van der Waals surface area contributed by atoms with Gasteiger partial charge in [0, 0.05) is 18.5 Å². The van der Waals surface area contributed by atoms with Crippen LogP contribution in [0.1, 0.15) is 34.5 Å². The highest BCUT2D eigenvalue weighted by Crippen LogP contribution is 2.53. The van der Waals surface area contributed by atoms with Crippen molar-refractivity contribution in [3.63, 3.8) is 0 Å². The van der Waals surface area contributed by atoms with Gasteiger partial charge in [-0.15, -0.1) is 0 Å². The second kappa shape index (κ2) is 7.56. The van der Waals surface area contributed by atoms with E-state index in [1.54, 1.807) is 0 Å². The number of nitrogens with zero attached hydrogens (tertiary/aromatic N) is 1. The van der Waals surface area contributed by atoms with Crippen LogP contribution in [0.5, 0.6) is 0 Å². The van der Waals surface area contributed by atoms with E-state index in [0.717, 1.165) is 22.3 Å². The Bertz CT molecular complexity index is 1010. The quantitative estimate of drug-likeness (QED) is 0.521. The van der Waals surface area contributed by atoms with Crippen molar-refractivity contribution < 1.29 is 17.9 Å². The number of hydrogen-bond donors (Lipinski definition) is 0. The van der Waals surface area contributed by atoms with E-state index >= 15 is 0 Å². The van der Waals surface area contributed by atoms with Gasteiger partial charge in [0.15, 0.2) is 6.10 Å². The Morgan fingerprint density at radius 1 is 0.833 bits per heavy atom. The molecule has 0 unspecified atom stereocenters. The highest BCUT2D eigenvalue weighted by atomic mass is 19.4. The van der Waals surface area contributed by atoms with Gasteiger partial charge in [-0.05, 0) is 28.7 Å². The van der Waals surface area contributed by atoms with Crippen LogP contribution in [0.25, 0.3) is 0 Å². The van der Waals surface area contributed by atoms with Gasteiger partial charge < -0.3 is 4.74 Å². The minimum atomic E-state index is -4.42. The van der Waals surface area contributed by atoms with Crippen molar-refractivity contribution in [2.45, 2.75) is 37.5 Å². The highest BCUT2D eigenvalue weighted by molar-refractivity contribution is 5.35. The third-order valence-corrected chi connectivity index (χ3v) is 6.18. The van der Waals surface area contributed by atoms with Crippen LogP contribution in [-0.2, 0) is 17.7 Å². The monoisotopic (exact) mass is 409 g/mol. The molecule has 2 nitrogen and oxygen atoms in total. The Morgan fingerprint density at radius 3 is 2.17 bits per heavy atom. The molecular weight excluding hydrogens is 387 g/mol. The molecule has 3 aliphatic rings. The number of rotatable bonds is 3. The molecule has 0 aliphatic carbocycles. The molecular formula is C25H22F3NO. The van der Waals surface area contributed by atoms with Crippen molar-refractivity contribution in [1.29, 1.82) is 0 Å². The second-order valence-electron chi connectivity index (χ2n) is 8.03. The third-order valence-electron chi connectivity index (χ3n) is 6.18. The highest BCUT2D eigenvalue weighted by Gasteiger charge is 2.57. The van der Waals surface area contributed by atoms with Crippen molar-refractivity contribution in [2.24, 2.45) is 5.92 Å². The van der Waals surface area contributed by atoms with Gasteiger partial charge in [-0.1, -0.05) is 84.9 Å². The topological polar surface area (TPSA) is 12.5 Å². The molecule has 5 heteroatoms. The number of fused-ring (bicyclic) bond motifs is 2. The van der Waals surface area contributed by atoms with E-state index in [-0.39, 0.29) is 0 Å². The van der Waals surface area contributed by atoms with Crippen LogP contribution in [0.15, 0.2) is 84.9 Å². The Hall–Kier alpha value is -2.63. The van der Waals surface area contributed by atoms with E-state index in [9.17, 15) is 13.2 Å². The van der Waals surface area contributed by atoms with Gasteiger partial charge in [0.25, 0.3) is 0 Å². The fourth-order valence-electron chi connectivity index (χ4n) is 4.95. The summed E-state index contributed by atoms with van der Waals surface area (Å²) in [4.78, 5) is 2.10. The Labute approximate surface area is 173 Å². The zero-order chi connectivity index (χ0) is 20.7. The van der Waals surface area contributed by atoms with E-state index in [2.05, 4.69) is 4.90 Å². The van der Waals surface area contributed by atoms with Gasteiger partial charge in [0.05, 0.1) is 0 Å². The zero-order valence-electron chi connectivity index (χ0n) is 16.3. The van der Waals surface area contributed by atoms with Gasteiger partial charge in [-0.25, -0.2) is 0 Å². The zero-order valence-corrected chi connectivity index (χ0v) is 16.3. The molecule has 2 bridgehead atoms. The first-order valence-corrected chi connectivity index (χ1v) is 10.2. The average molecular weight is 409 g/mol. The minimum Gasteiger partial charge on any atom is -0.346 e. The van der Waals surface area contributed by atoms with Crippen LogP contribution in [0.3, 0.4) is 0 Å². The summed E-state index contributed by atoms with van der Waals surface area (Å²) >= 11 is 0. The average Bonchev–Trinajstić information content (AvgIpc) is 2.99. The second-order valence-corrected chi connectivity index (χ2v) is 8.03. The molecule has 0 saturated carbocycles. The molecule has 3 heterocycles. The molecule has 154 valence electrons. The molecule has 3 aliphatic heterocycles. The fourth-order valence-corrected chi connectivity index (χ4v) is 4.95. The molecule has 3 aromatic rings. The largest absolute Gasteiger partial charge is 0.415 e. The van der Waals surface area contributed by atoms with Crippen molar-refractivity contribution >= 4 is 0 Å². The molecule has 0 radical (unpaired) electrons. The molecule has 0 aromatic heterocycles. The lowest BCUT2D eigenvalue weighted by molar-refractivity contribution is -0.302. The predicted octanol–water partition coefficient (Wildman–Crippen LogP) is 6.06. The smallest absolute Gasteiger partial charge is 0.346 e. The van der Waals surface area contributed by atoms with E-state index in [1.165, 1.54) is 0 Å². The van der Waals surface area contributed by atoms with Crippen molar-refractivity contribution in [1.82, 2.24) is 4.90 Å². The van der Waals surface area contributed by atoms with Gasteiger partial charge in [-0.2, -0.15) is 13.2 Å². The van der Waals surface area contributed by atoms with Gasteiger partial charge in [-0.3, -0.25) is 4.90 Å². The van der Waals surface area contributed by atoms with Crippen molar-refractivity contribution in [3.05, 3.63) is 107 Å². The molecule has 1 fully saturated rings. The SMILES string of the molecule is FC(F)(F)[C@H]1O[C@@H]2c3ccccc3C[C@H]1[C@@H](c1ccccc1)N2Cc1ccccc1. The van der Waals surface area contributed by atoms with E-state index in [4.69, 9.17) is 4.74 Å². The lowest BCUT2D eigenvalue weighted by Gasteiger charge is -2.48. The predicted molar refractivity (Wildman–Crippen MR) is 108 cm³/mol. The molecule has 1 saturated heterocycles.